The Kier molecular flexibility index (Phi) is 4.44. The first-order valence-corrected chi connectivity index (χ1v) is 6.07. The van der Waals surface area contributed by atoms with Gasteiger partial charge in [0.1, 0.15) is 0 Å². The minimum Gasteiger partial charge on any atom is -0.481 e. The van der Waals surface area contributed by atoms with Crippen molar-refractivity contribution in [3.8, 4) is 0 Å². The zero-order valence-electron chi connectivity index (χ0n) is 10.3. The van der Waals surface area contributed by atoms with Gasteiger partial charge in [-0.1, -0.05) is 12.1 Å². The van der Waals surface area contributed by atoms with Crippen molar-refractivity contribution in [1.82, 2.24) is 4.90 Å². The molecule has 6 heteroatoms. The topological polar surface area (TPSA) is 49.8 Å². The summed E-state index contributed by atoms with van der Waals surface area (Å²) in [7, 11) is 0. The van der Waals surface area contributed by atoms with Gasteiger partial charge in [-0.25, -0.2) is 8.78 Å². The van der Waals surface area contributed by atoms with Crippen LogP contribution in [0.15, 0.2) is 18.2 Å². The van der Waals surface area contributed by atoms with E-state index in [4.69, 9.17) is 9.84 Å². The molecule has 19 heavy (non-hydrogen) atoms. The van der Waals surface area contributed by atoms with E-state index in [1.807, 2.05) is 4.90 Å². The van der Waals surface area contributed by atoms with Crippen LogP contribution in [0.3, 0.4) is 0 Å². The Hall–Kier alpha value is -1.53. The molecule has 0 aromatic heterocycles. The minimum atomic E-state index is -1.04. The molecule has 1 N–H and O–H groups in total. The van der Waals surface area contributed by atoms with E-state index in [-0.39, 0.29) is 12.0 Å². The molecule has 1 heterocycles. The van der Waals surface area contributed by atoms with Crippen molar-refractivity contribution in [2.24, 2.45) is 0 Å². The van der Waals surface area contributed by atoms with Crippen LogP contribution in [0.4, 0.5) is 8.78 Å². The zero-order chi connectivity index (χ0) is 13.8. The molecule has 1 unspecified atom stereocenters. The molecular formula is C13H15F2NO3. The van der Waals surface area contributed by atoms with Gasteiger partial charge in [0.2, 0.25) is 0 Å². The number of benzene rings is 1. The number of hydrogen-bond donors (Lipinski definition) is 1. The zero-order valence-corrected chi connectivity index (χ0v) is 10.3. The SMILES string of the molecule is O=C(O)CC(c1cccc(F)c1F)N1CCOCC1. The summed E-state index contributed by atoms with van der Waals surface area (Å²) in [5.41, 5.74) is 0.0873. The highest BCUT2D eigenvalue weighted by Crippen LogP contribution is 2.28. The minimum absolute atomic E-state index is 0.0873. The van der Waals surface area contributed by atoms with Crippen molar-refractivity contribution in [2.75, 3.05) is 26.3 Å². The second kappa shape index (κ2) is 6.08. The van der Waals surface area contributed by atoms with E-state index in [0.29, 0.717) is 26.3 Å². The predicted molar refractivity (Wildman–Crippen MR) is 63.7 cm³/mol. The maximum absolute atomic E-state index is 13.8. The third kappa shape index (κ3) is 3.27. The monoisotopic (exact) mass is 271 g/mol. The Morgan fingerprint density at radius 3 is 2.68 bits per heavy atom. The van der Waals surface area contributed by atoms with E-state index in [2.05, 4.69) is 0 Å². The Morgan fingerprint density at radius 1 is 1.37 bits per heavy atom. The molecule has 0 saturated carbocycles. The number of carboxylic acids is 1. The molecular weight excluding hydrogens is 256 g/mol. The van der Waals surface area contributed by atoms with E-state index in [9.17, 15) is 13.6 Å². The van der Waals surface area contributed by atoms with E-state index in [0.717, 1.165) is 6.07 Å². The molecule has 1 fully saturated rings. The van der Waals surface area contributed by atoms with Crippen LogP contribution in [-0.4, -0.2) is 42.3 Å². The first-order valence-electron chi connectivity index (χ1n) is 6.07. The third-order valence-electron chi connectivity index (χ3n) is 3.19. The van der Waals surface area contributed by atoms with Crippen LogP contribution in [0.2, 0.25) is 0 Å². The lowest BCUT2D eigenvalue weighted by Gasteiger charge is -2.34. The molecule has 1 aliphatic heterocycles. The van der Waals surface area contributed by atoms with Crippen molar-refractivity contribution >= 4 is 5.97 Å². The average Bonchev–Trinajstić information content (AvgIpc) is 2.40. The van der Waals surface area contributed by atoms with Crippen LogP contribution in [0.5, 0.6) is 0 Å². The number of nitrogens with zero attached hydrogens (tertiary/aromatic N) is 1. The van der Waals surface area contributed by atoms with Gasteiger partial charge in [-0.3, -0.25) is 9.69 Å². The molecule has 0 spiro atoms. The van der Waals surface area contributed by atoms with Gasteiger partial charge in [-0.2, -0.15) is 0 Å². The number of carbonyl (C=O) groups is 1. The Balaban J connectivity index is 2.30. The number of ether oxygens (including phenoxy) is 1. The molecule has 0 bridgehead atoms. The first-order chi connectivity index (χ1) is 9.09. The summed E-state index contributed by atoms with van der Waals surface area (Å²) < 4.78 is 32.3. The Labute approximate surface area is 109 Å². The average molecular weight is 271 g/mol. The standard InChI is InChI=1S/C13H15F2NO3/c14-10-3-1-2-9(13(10)15)11(8-12(17)18)16-4-6-19-7-5-16/h1-3,11H,4-8H2,(H,17,18). The lowest BCUT2D eigenvalue weighted by Crippen LogP contribution is -2.40. The molecule has 2 rings (SSSR count). The normalized spacial score (nSPS) is 18.2. The van der Waals surface area contributed by atoms with E-state index in [1.54, 1.807) is 0 Å². The fourth-order valence-electron chi connectivity index (χ4n) is 2.27. The number of morpholine rings is 1. The fraction of sp³-hybridized carbons (Fsp3) is 0.462. The van der Waals surface area contributed by atoms with E-state index in [1.165, 1.54) is 12.1 Å². The molecule has 0 aliphatic carbocycles. The molecule has 1 aromatic carbocycles. The van der Waals surface area contributed by atoms with Gasteiger partial charge in [0, 0.05) is 24.7 Å². The fourth-order valence-corrected chi connectivity index (χ4v) is 2.27. The van der Waals surface area contributed by atoms with Crippen molar-refractivity contribution in [1.29, 1.82) is 0 Å². The molecule has 4 nitrogen and oxygen atoms in total. The highest BCUT2D eigenvalue weighted by molar-refractivity contribution is 5.68. The van der Waals surface area contributed by atoms with Gasteiger partial charge in [0.05, 0.1) is 19.6 Å². The highest BCUT2D eigenvalue weighted by Gasteiger charge is 2.28. The van der Waals surface area contributed by atoms with Crippen LogP contribution < -0.4 is 0 Å². The van der Waals surface area contributed by atoms with Crippen LogP contribution in [-0.2, 0) is 9.53 Å². The number of rotatable bonds is 4. The van der Waals surface area contributed by atoms with E-state index >= 15 is 0 Å². The highest BCUT2D eigenvalue weighted by atomic mass is 19.2. The lowest BCUT2D eigenvalue weighted by molar-refractivity contribution is -0.139. The maximum Gasteiger partial charge on any atom is 0.305 e. The Morgan fingerprint density at radius 2 is 2.05 bits per heavy atom. The quantitative estimate of drug-likeness (QED) is 0.907. The van der Waals surface area contributed by atoms with Gasteiger partial charge >= 0.3 is 5.97 Å². The van der Waals surface area contributed by atoms with Crippen molar-refractivity contribution in [2.45, 2.75) is 12.5 Å². The van der Waals surface area contributed by atoms with Gasteiger partial charge in [-0.15, -0.1) is 0 Å². The summed E-state index contributed by atoms with van der Waals surface area (Å²) in [6.45, 7) is 1.95. The number of aliphatic carboxylic acids is 1. The van der Waals surface area contributed by atoms with Crippen LogP contribution >= 0.6 is 0 Å². The first kappa shape index (κ1) is 13.9. The predicted octanol–water partition coefficient (Wildman–Crippen LogP) is 1.81. The summed E-state index contributed by atoms with van der Waals surface area (Å²) in [6, 6.07) is 3.18. The molecule has 0 amide bonds. The van der Waals surface area contributed by atoms with Gasteiger partial charge in [0.25, 0.3) is 0 Å². The van der Waals surface area contributed by atoms with Crippen LogP contribution in [0, 0.1) is 11.6 Å². The van der Waals surface area contributed by atoms with E-state index < -0.39 is 23.6 Å². The molecule has 1 saturated heterocycles. The number of halogens is 2. The molecule has 1 atom stereocenters. The summed E-state index contributed by atoms with van der Waals surface area (Å²) in [5, 5.41) is 8.96. The van der Waals surface area contributed by atoms with Gasteiger partial charge in [0.15, 0.2) is 11.6 Å². The molecule has 0 radical (unpaired) electrons. The van der Waals surface area contributed by atoms with Crippen LogP contribution in [0.25, 0.3) is 0 Å². The number of hydrogen-bond acceptors (Lipinski definition) is 3. The summed E-state index contributed by atoms with van der Waals surface area (Å²) >= 11 is 0. The second-order valence-corrected chi connectivity index (χ2v) is 4.41. The third-order valence-corrected chi connectivity index (χ3v) is 3.19. The Bertz CT molecular complexity index is 461. The van der Waals surface area contributed by atoms with Crippen molar-refractivity contribution in [3.63, 3.8) is 0 Å². The van der Waals surface area contributed by atoms with Crippen LogP contribution in [0.1, 0.15) is 18.0 Å². The summed E-state index contributed by atoms with van der Waals surface area (Å²) in [4.78, 5) is 12.8. The largest absolute Gasteiger partial charge is 0.481 e. The summed E-state index contributed by atoms with van der Waals surface area (Å²) in [5.74, 6) is -2.97. The summed E-state index contributed by atoms with van der Waals surface area (Å²) in [6.07, 6.45) is -0.264. The molecule has 1 aromatic rings. The molecule has 1 aliphatic rings. The number of carboxylic acid groups (broad SMARTS) is 1. The van der Waals surface area contributed by atoms with Gasteiger partial charge in [-0.05, 0) is 6.07 Å². The van der Waals surface area contributed by atoms with Crippen molar-refractivity contribution < 1.29 is 23.4 Å². The smallest absolute Gasteiger partial charge is 0.305 e. The van der Waals surface area contributed by atoms with Crippen molar-refractivity contribution in [3.05, 3.63) is 35.4 Å². The second-order valence-electron chi connectivity index (χ2n) is 4.41. The lowest BCUT2D eigenvalue weighted by atomic mass is 10.0. The maximum atomic E-state index is 13.8. The molecule has 104 valence electrons. The van der Waals surface area contributed by atoms with Gasteiger partial charge < -0.3 is 9.84 Å².